The standard InChI is InChI=1S/C18H19BrO/c19-12-11-18(20)17-9-7-16(8-10-17)15-5-3-14(4-6-15)13-1-2-13/h3-10,13,18,20H,1-2,11-12H2. The molecule has 1 aliphatic carbocycles. The average Bonchev–Trinajstić information content (AvgIpc) is 3.33. The third kappa shape index (κ3) is 3.13. The molecule has 0 aliphatic heterocycles. The monoisotopic (exact) mass is 330 g/mol. The number of hydrogen-bond acceptors (Lipinski definition) is 1. The highest BCUT2D eigenvalue weighted by Crippen LogP contribution is 2.40. The summed E-state index contributed by atoms with van der Waals surface area (Å²) in [5.41, 5.74) is 4.92. The molecule has 20 heavy (non-hydrogen) atoms. The lowest BCUT2D eigenvalue weighted by atomic mass is 9.99. The van der Waals surface area contributed by atoms with Crippen LogP contribution >= 0.6 is 15.9 Å². The SMILES string of the molecule is OC(CCBr)c1ccc(-c2ccc(C3CC3)cc2)cc1. The molecule has 1 saturated carbocycles. The zero-order valence-electron chi connectivity index (χ0n) is 11.4. The zero-order valence-corrected chi connectivity index (χ0v) is 13.0. The molecule has 2 aromatic rings. The van der Waals surface area contributed by atoms with Crippen molar-refractivity contribution in [1.29, 1.82) is 0 Å². The molecule has 0 radical (unpaired) electrons. The van der Waals surface area contributed by atoms with Gasteiger partial charge in [0.15, 0.2) is 0 Å². The van der Waals surface area contributed by atoms with E-state index in [-0.39, 0.29) is 6.10 Å². The van der Waals surface area contributed by atoms with E-state index in [9.17, 15) is 5.11 Å². The summed E-state index contributed by atoms with van der Waals surface area (Å²) >= 11 is 3.36. The second-order valence-corrected chi connectivity index (χ2v) is 6.30. The minimum absolute atomic E-state index is 0.374. The van der Waals surface area contributed by atoms with Crippen LogP contribution in [0.15, 0.2) is 48.5 Å². The Kier molecular flexibility index (Phi) is 4.23. The third-order valence-electron chi connectivity index (χ3n) is 3.97. The van der Waals surface area contributed by atoms with Gasteiger partial charge in [-0.25, -0.2) is 0 Å². The molecule has 104 valence electrons. The topological polar surface area (TPSA) is 20.2 Å². The van der Waals surface area contributed by atoms with Crippen LogP contribution in [-0.4, -0.2) is 10.4 Å². The summed E-state index contributed by atoms with van der Waals surface area (Å²) in [6, 6.07) is 17.2. The van der Waals surface area contributed by atoms with Crippen LogP contribution in [0.25, 0.3) is 11.1 Å². The van der Waals surface area contributed by atoms with Crippen molar-refractivity contribution in [3.63, 3.8) is 0 Å². The fourth-order valence-corrected chi connectivity index (χ4v) is 2.97. The van der Waals surface area contributed by atoms with E-state index in [0.29, 0.717) is 0 Å². The summed E-state index contributed by atoms with van der Waals surface area (Å²) in [6.45, 7) is 0. The van der Waals surface area contributed by atoms with Crippen LogP contribution in [0.1, 0.15) is 42.4 Å². The highest BCUT2D eigenvalue weighted by Gasteiger charge is 2.22. The van der Waals surface area contributed by atoms with Gasteiger partial charge in [-0.1, -0.05) is 64.5 Å². The van der Waals surface area contributed by atoms with Crippen LogP contribution < -0.4 is 0 Å². The van der Waals surface area contributed by atoms with Gasteiger partial charge in [-0.05, 0) is 47.4 Å². The van der Waals surface area contributed by atoms with Crippen molar-refractivity contribution in [2.24, 2.45) is 0 Å². The highest BCUT2D eigenvalue weighted by molar-refractivity contribution is 9.09. The van der Waals surface area contributed by atoms with Gasteiger partial charge in [0.05, 0.1) is 6.10 Å². The predicted octanol–water partition coefficient (Wildman–Crippen LogP) is 5.05. The fraction of sp³-hybridized carbons (Fsp3) is 0.333. The minimum Gasteiger partial charge on any atom is -0.388 e. The van der Waals surface area contributed by atoms with E-state index in [1.54, 1.807) is 0 Å². The van der Waals surface area contributed by atoms with Crippen molar-refractivity contribution in [3.05, 3.63) is 59.7 Å². The van der Waals surface area contributed by atoms with Crippen molar-refractivity contribution in [3.8, 4) is 11.1 Å². The zero-order chi connectivity index (χ0) is 13.9. The van der Waals surface area contributed by atoms with E-state index in [0.717, 1.165) is 23.2 Å². The average molecular weight is 331 g/mol. The molecule has 1 nitrogen and oxygen atoms in total. The normalized spacial score (nSPS) is 16.1. The third-order valence-corrected chi connectivity index (χ3v) is 4.43. The summed E-state index contributed by atoms with van der Waals surface area (Å²) in [7, 11) is 0. The van der Waals surface area contributed by atoms with Crippen molar-refractivity contribution in [2.45, 2.75) is 31.3 Å². The van der Waals surface area contributed by atoms with Crippen LogP contribution in [-0.2, 0) is 0 Å². The Morgan fingerprint density at radius 1 is 0.950 bits per heavy atom. The molecule has 1 atom stereocenters. The number of benzene rings is 2. The number of aliphatic hydroxyl groups is 1. The van der Waals surface area contributed by atoms with E-state index >= 15 is 0 Å². The molecule has 0 aromatic heterocycles. The Morgan fingerprint density at radius 3 is 2.00 bits per heavy atom. The maximum absolute atomic E-state index is 9.96. The van der Waals surface area contributed by atoms with Gasteiger partial charge >= 0.3 is 0 Å². The summed E-state index contributed by atoms with van der Waals surface area (Å²) in [6.07, 6.45) is 3.06. The first-order valence-corrected chi connectivity index (χ1v) is 8.34. The molecular formula is C18H19BrO. The van der Waals surface area contributed by atoms with Crippen LogP contribution in [0.3, 0.4) is 0 Å². The van der Waals surface area contributed by atoms with Crippen molar-refractivity contribution in [2.75, 3.05) is 5.33 Å². The first kappa shape index (κ1) is 13.8. The smallest absolute Gasteiger partial charge is 0.0798 e. The van der Waals surface area contributed by atoms with E-state index in [4.69, 9.17) is 0 Å². The summed E-state index contributed by atoms with van der Waals surface area (Å²) in [5.74, 6) is 0.811. The van der Waals surface area contributed by atoms with Crippen LogP contribution in [0.5, 0.6) is 0 Å². The van der Waals surface area contributed by atoms with E-state index in [1.165, 1.54) is 29.5 Å². The predicted molar refractivity (Wildman–Crippen MR) is 87.2 cm³/mol. The van der Waals surface area contributed by atoms with E-state index in [2.05, 4.69) is 52.3 Å². The molecule has 0 heterocycles. The molecule has 2 aromatic carbocycles. The number of halogens is 1. The van der Waals surface area contributed by atoms with Gasteiger partial charge in [0, 0.05) is 5.33 Å². The second-order valence-electron chi connectivity index (χ2n) is 5.51. The molecule has 0 saturated heterocycles. The van der Waals surface area contributed by atoms with Gasteiger partial charge in [-0.3, -0.25) is 0 Å². The van der Waals surface area contributed by atoms with E-state index in [1.807, 2.05) is 12.1 Å². The molecule has 1 aliphatic rings. The molecule has 0 spiro atoms. The Labute approximate surface area is 128 Å². The van der Waals surface area contributed by atoms with Gasteiger partial charge in [0.25, 0.3) is 0 Å². The Hall–Kier alpha value is -1.12. The number of aliphatic hydroxyl groups excluding tert-OH is 1. The van der Waals surface area contributed by atoms with Gasteiger partial charge < -0.3 is 5.11 Å². The van der Waals surface area contributed by atoms with Gasteiger partial charge in [0.1, 0.15) is 0 Å². The molecule has 2 heteroatoms. The maximum atomic E-state index is 9.96. The summed E-state index contributed by atoms with van der Waals surface area (Å²) < 4.78 is 0. The lowest BCUT2D eigenvalue weighted by molar-refractivity contribution is 0.175. The highest BCUT2D eigenvalue weighted by atomic mass is 79.9. The lowest BCUT2D eigenvalue weighted by Crippen LogP contribution is -1.97. The first-order valence-electron chi connectivity index (χ1n) is 7.22. The number of hydrogen-bond donors (Lipinski definition) is 1. The molecule has 0 bridgehead atoms. The minimum atomic E-state index is -0.374. The molecule has 3 rings (SSSR count). The van der Waals surface area contributed by atoms with Crippen LogP contribution in [0.2, 0.25) is 0 Å². The Balaban J connectivity index is 1.76. The number of alkyl halides is 1. The van der Waals surface area contributed by atoms with Crippen molar-refractivity contribution < 1.29 is 5.11 Å². The maximum Gasteiger partial charge on any atom is 0.0798 e. The largest absolute Gasteiger partial charge is 0.388 e. The molecule has 0 amide bonds. The Bertz CT molecular complexity index is 555. The Morgan fingerprint density at radius 2 is 1.50 bits per heavy atom. The first-order chi connectivity index (χ1) is 9.78. The van der Waals surface area contributed by atoms with Crippen molar-refractivity contribution >= 4 is 15.9 Å². The molecule has 1 unspecified atom stereocenters. The van der Waals surface area contributed by atoms with Gasteiger partial charge in [0.2, 0.25) is 0 Å². The summed E-state index contributed by atoms with van der Waals surface area (Å²) in [5, 5.41) is 10.8. The fourth-order valence-electron chi connectivity index (χ4n) is 2.53. The number of rotatable bonds is 5. The second kappa shape index (κ2) is 6.11. The summed E-state index contributed by atoms with van der Waals surface area (Å²) in [4.78, 5) is 0. The van der Waals surface area contributed by atoms with Crippen LogP contribution in [0, 0.1) is 0 Å². The van der Waals surface area contributed by atoms with Gasteiger partial charge in [-0.15, -0.1) is 0 Å². The van der Waals surface area contributed by atoms with Crippen LogP contribution in [0.4, 0.5) is 0 Å². The molecule has 1 N–H and O–H groups in total. The van der Waals surface area contributed by atoms with E-state index < -0.39 is 0 Å². The lowest BCUT2D eigenvalue weighted by Gasteiger charge is -2.10. The van der Waals surface area contributed by atoms with Gasteiger partial charge in [-0.2, -0.15) is 0 Å². The molecular weight excluding hydrogens is 312 g/mol. The molecule has 1 fully saturated rings. The van der Waals surface area contributed by atoms with Crippen molar-refractivity contribution in [1.82, 2.24) is 0 Å². The quantitative estimate of drug-likeness (QED) is 0.760.